The molecule has 0 atom stereocenters. The summed E-state index contributed by atoms with van der Waals surface area (Å²) in [6, 6.07) is 15.2. The predicted octanol–water partition coefficient (Wildman–Crippen LogP) is 4.25. The van der Waals surface area contributed by atoms with Gasteiger partial charge in [-0.25, -0.2) is 9.78 Å². The average Bonchev–Trinajstić information content (AvgIpc) is 3.14. The van der Waals surface area contributed by atoms with Crippen molar-refractivity contribution >= 4 is 17.3 Å². The number of ether oxygens (including phenoxy) is 3. The number of aryl methyl sites for hydroxylation is 1. The maximum absolute atomic E-state index is 11.8. The maximum Gasteiger partial charge on any atom is 0.344 e. The third-order valence-electron chi connectivity index (χ3n) is 3.65. The van der Waals surface area contributed by atoms with Gasteiger partial charge in [0.2, 0.25) is 0 Å². The maximum atomic E-state index is 11.8. The summed E-state index contributed by atoms with van der Waals surface area (Å²) >= 11 is 1.53. The van der Waals surface area contributed by atoms with Crippen LogP contribution in [0.4, 0.5) is 0 Å². The molecular weight excluding hydrogens is 350 g/mol. The number of nitrogens with zero attached hydrogens (tertiary/aromatic N) is 1. The summed E-state index contributed by atoms with van der Waals surface area (Å²) in [5.74, 6) is 0.872. The van der Waals surface area contributed by atoms with Gasteiger partial charge in [-0.2, -0.15) is 0 Å². The van der Waals surface area contributed by atoms with Gasteiger partial charge in [0.25, 0.3) is 0 Å². The Kier molecular flexibility index (Phi) is 5.86. The number of carbonyl (C=O) groups is 1. The van der Waals surface area contributed by atoms with Crippen molar-refractivity contribution in [3.05, 3.63) is 65.2 Å². The second-order valence-electron chi connectivity index (χ2n) is 5.63. The van der Waals surface area contributed by atoms with E-state index >= 15 is 0 Å². The first-order valence-corrected chi connectivity index (χ1v) is 8.96. The van der Waals surface area contributed by atoms with E-state index in [0.717, 1.165) is 22.0 Å². The molecule has 6 heteroatoms. The fraction of sp³-hybridized carbons (Fsp3) is 0.200. The van der Waals surface area contributed by atoms with E-state index in [1.54, 1.807) is 31.4 Å². The Hall–Kier alpha value is -2.86. The van der Waals surface area contributed by atoms with Gasteiger partial charge in [-0.1, -0.05) is 29.8 Å². The van der Waals surface area contributed by atoms with Gasteiger partial charge in [0, 0.05) is 10.9 Å². The summed E-state index contributed by atoms with van der Waals surface area (Å²) < 4.78 is 15.7. The molecule has 5 nitrogen and oxygen atoms in total. The molecule has 2 aromatic carbocycles. The highest BCUT2D eigenvalue weighted by Crippen LogP contribution is 2.24. The number of esters is 1. The van der Waals surface area contributed by atoms with Crippen LogP contribution in [0.2, 0.25) is 0 Å². The minimum absolute atomic E-state index is 0.132. The lowest BCUT2D eigenvalue weighted by atomic mass is 10.2. The van der Waals surface area contributed by atoms with Gasteiger partial charge in [-0.05, 0) is 31.2 Å². The second-order valence-corrected chi connectivity index (χ2v) is 6.49. The topological polar surface area (TPSA) is 57.7 Å². The van der Waals surface area contributed by atoms with Crippen LogP contribution in [0.3, 0.4) is 0 Å². The van der Waals surface area contributed by atoms with E-state index in [9.17, 15) is 4.79 Å². The van der Waals surface area contributed by atoms with Crippen molar-refractivity contribution < 1.29 is 19.0 Å². The number of methoxy groups -OCH3 is 1. The molecule has 0 unspecified atom stereocenters. The number of thiazole rings is 1. The average molecular weight is 369 g/mol. The number of benzene rings is 2. The zero-order valence-electron chi connectivity index (χ0n) is 14.6. The summed E-state index contributed by atoms with van der Waals surface area (Å²) in [6.45, 7) is 2.03. The van der Waals surface area contributed by atoms with E-state index in [-0.39, 0.29) is 13.2 Å². The smallest absolute Gasteiger partial charge is 0.344 e. The van der Waals surface area contributed by atoms with Crippen LogP contribution < -0.4 is 9.47 Å². The lowest BCUT2D eigenvalue weighted by Crippen LogP contribution is -2.14. The first kappa shape index (κ1) is 17.9. The van der Waals surface area contributed by atoms with Crippen LogP contribution in [0.15, 0.2) is 53.9 Å². The highest BCUT2D eigenvalue weighted by molar-refractivity contribution is 7.13. The Morgan fingerprint density at radius 3 is 2.42 bits per heavy atom. The molecule has 0 aliphatic rings. The van der Waals surface area contributed by atoms with Gasteiger partial charge < -0.3 is 14.2 Å². The molecule has 0 radical (unpaired) electrons. The molecule has 0 aliphatic heterocycles. The van der Waals surface area contributed by atoms with Crippen LogP contribution in [0.5, 0.6) is 11.5 Å². The van der Waals surface area contributed by atoms with Gasteiger partial charge in [-0.3, -0.25) is 0 Å². The SMILES string of the molecule is COc1ccc(OCC(=O)OCc2csc(-c3ccc(C)cc3)n2)cc1. The molecular formula is C20H19NO4S. The Bertz CT molecular complexity index is 856. The van der Waals surface area contributed by atoms with E-state index < -0.39 is 5.97 Å². The molecule has 26 heavy (non-hydrogen) atoms. The molecule has 0 saturated heterocycles. The number of rotatable bonds is 7. The minimum Gasteiger partial charge on any atom is -0.497 e. The van der Waals surface area contributed by atoms with E-state index in [4.69, 9.17) is 14.2 Å². The van der Waals surface area contributed by atoms with Crippen LogP contribution in [-0.2, 0) is 16.1 Å². The first-order chi connectivity index (χ1) is 12.6. The van der Waals surface area contributed by atoms with Crippen molar-refractivity contribution in [2.45, 2.75) is 13.5 Å². The third-order valence-corrected chi connectivity index (χ3v) is 4.59. The first-order valence-electron chi connectivity index (χ1n) is 8.08. The summed E-state index contributed by atoms with van der Waals surface area (Å²) in [5.41, 5.74) is 2.99. The van der Waals surface area contributed by atoms with Crippen LogP contribution in [-0.4, -0.2) is 24.7 Å². The van der Waals surface area contributed by atoms with Gasteiger partial charge in [0.05, 0.1) is 12.8 Å². The highest BCUT2D eigenvalue weighted by atomic mass is 32.1. The molecule has 0 N–H and O–H groups in total. The molecule has 0 amide bonds. The summed E-state index contributed by atoms with van der Waals surface area (Å²) in [4.78, 5) is 16.3. The Balaban J connectivity index is 1.47. The van der Waals surface area contributed by atoms with Crippen molar-refractivity contribution in [2.24, 2.45) is 0 Å². The largest absolute Gasteiger partial charge is 0.497 e. The van der Waals surface area contributed by atoms with E-state index in [1.807, 2.05) is 36.6 Å². The molecule has 1 aromatic heterocycles. The van der Waals surface area contributed by atoms with Gasteiger partial charge in [0.1, 0.15) is 23.1 Å². The normalized spacial score (nSPS) is 10.4. The molecule has 0 fully saturated rings. The van der Waals surface area contributed by atoms with Crippen molar-refractivity contribution in [1.29, 1.82) is 0 Å². The Morgan fingerprint density at radius 1 is 1.04 bits per heavy atom. The minimum atomic E-state index is -0.439. The fourth-order valence-corrected chi connectivity index (χ4v) is 3.02. The van der Waals surface area contributed by atoms with Crippen molar-refractivity contribution in [1.82, 2.24) is 4.98 Å². The van der Waals surface area contributed by atoms with Crippen molar-refractivity contribution in [2.75, 3.05) is 13.7 Å². The quantitative estimate of drug-likeness (QED) is 0.583. The Morgan fingerprint density at radius 2 is 1.73 bits per heavy atom. The molecule has 0 saturated carbocycles. The second kappa shape index (κ2) is 8.49. The van der Waals surface area contributed by atoms with E-state index in [1.165, 1.54) is 16.9 Å². The lowest BCUT2D eigenvalue weighted by molar-refractivity contribution is -0.147. The van der Waals surface area contributed by atoms with Gasteiger partial charge in [0.15, 0.2) is 6.61 Å². The zero-order chi connectivity index (χ0) is 18.4. The number of hydrogen-bond acceptors (Lipinski definition) is 6. The number of hydrogen-bond donors (Lipinski definition) is 0. The number of aromatic nitrogens is 1. The number of carbonyl (C=O) groups excluding carboxylic acids is 1. The summed E-state index contributed by atoms with van der Waals surface area (Å²) in [5, 5.41) is 2.80. The molecule has 3 rings (SSSR count). The monoisotopic (exact) mass is 369 g/mol. The van der Waals surface area contributed by atoms with Gasteiger partial charge >= 0.3 is 5.97 Å². The lowest BCUT2D eigenvalue weighted by Gasteiger charge is -2.07. The van der Waals surface area contributed by atoms with Crippen molar-refractivity contribution in [3.63, 3.8) is 0 Å². The zero-order valence-corrected chi connectivity index (χ0v) is 15.4. The summed E-state index contributed by atoms with van der Waals surface area (Å²) in [7, 11) is 1.59. The van der Waals surface area contributed by atoms with E-state index in [2.05, 4.69) is 4.98 Å². The van der Waals surface area contributed by atoms with Crippen LogP contribution in [0.1, 0.15) is 11.3 Å². The van der Waals surface area contributed by atoms with E-state index in [0.29, 0.717) is 5.75 Å². The standard InChI is InChI=1S/C20H19NO4S/c1-14-3-5-15(6-4-14)20-21-16(13-26-20)11-25-19(22)12-24-18-9-7-17(23-2)8-10-18/h3-10,13H,11-12H2,1-2H3. The van der Waals surface area contributed by atoms with Crippen LogP contribution >= 0.6 is 11.3 Å². The summed E-state index contributed by atoms with van der Waals surface area (Å²) in [6.07, 6.45) is 0. The highest BCUT2D eigenvalue weighted by Gasteiger charge is 2.09. The Labute approximate surface area is 156 Å². The van der Waals surface area contributed by atoms with Crippen LogP contribution in [0, 0.1) is 6.92 Å². The molecule has 0 aliphatic carbocycles. The molecule has 1 heterocycles. The van der Waals surface area contributed by atoms with Gasteiger partial charge in [-0.15, -0.1) is 11.3 Å². The van der Waals surface area contributed by atoms with Crippen LogP contribution in [0.25, 0.3) is 10.6 Å². The molecule has 0 bridgehead atoms. The predicted molar refractivity (Wildman–Crippen MR) is 101 cm³/mol. The molecule has 0 spiro atoms. The molecule has 134 valence electrons. The third kappa shape index (κ3) is 4.83. The fourth-order valence-electron chi connectivity index (χ4n) is 2.21. The molecule has 3 aromatic rings. The van der Waals surface area contributed by atoms with Crippen molar-refractivity contribution in [3.8, 4) is 22.1 Å².